The van der Waals surface area contributed by atoms with Crippen molar-refractivity contribution in [2.75, 3.05) is 44.4 Å². The number of carbonyl (C=O) groups is 1. The summed E-state index contributed by atoms with van der Waals surface area (Å²) in [7, 11) is 0. The Hall–Kier alpha value is -2.91. The third-order valence-electron chi connectivity index (χ3n) is 6.88. The minimum Gasteiger partial charge on any atom is -0.475 e. The van der Waals surface area contributed by atoms with Gasteiger partial charge in [0.25, 0.3) is 0 Å². The van der Waals surface area contributed by atoms with E-state index >= 15 is 0 Å². The zero-order valence-corrected chi connectivity index (χ0v) is 19.9. The molecule has 3 atom stereocenters. The molecule has 0 saturated carbocycles. The lowest BCUT2D eigenvalue weighted by Gasteiger charge is -2.46. The van der Waals surface area contributed by atoms with Gasteiger partial charge in [0, 0.05) is 66.1 Å². The highest BCUT2D eigenvalue weighted by Crippen LogP contribution is 2.45. The number of fused-ring (bicyclic) bond motifs is 2. The molecule has 3 aliphatic heterocycles. The maximum absolute atomic E-state index is 11.6. The average molecular weight is 478 g/mol. The molecule has 3 fully saturated rings. The van der Waals surface area contributed by atoms with Crippen molar-refractivity contribution in [3.63, 3.8) is 0 Å². The number of rotatable bonds is 5. The predicted molar refractivity (Wildman–Crippen MR) is 132 cm³/mol. The molecule has 3 unspecified atom stereocenters. The molecule has 1 amide bonds. The third kappa shape index (κ3) is 4.07. The Bertz CT molecular complexity index is 1230. The Labute approximate surface area is 202 Å². The molecule has 0 bridgehead atoms. The van der Waals surface area contributed by atoms with Crippen LogP contribution in [0.1, 0.15) is 12.0 Å². The monoisotopic (exact) mass is 477 g/mol. The minimum absolute atomic E-state index is 0.152. The number of nitrogens with one attached hydrogen (secondary N) is 1. The highest BCUT2D eigenvalue weighted by molar-refractivity contribution is 8.02. The van der Waals surface area contributed by atoms with Crippen molar-refractivity contribution in [3.8, 4) is 17.1 Å². The van der Waals surface area contributed by atoms with Gasteiger partial charge in [-0.15, -0.1) is 0 Å². The van der Waals surface area contributed by atoms with E-state index in [1.807, 2.05) is 17.8 Å². The summed E-state index contributed by atoms with van der Waals surface area (Å²) in [5, 5.41) is 3.73. The zero-order chi connectivity index (χ0) is 23.1. The average Bonchev–Trinajstić information content (AvgIpc) is 2.85. The topological polar surface area (TPSA) is 89.5 Å². The van der Waals surface area contributed by atoms with E-state index in [1.54, 1.807) is 12.4 Å². The van der Waals surface area contributed by atoms with Crippen molar-refractivity contribution in [1.82, 2.24) is 20.3 Å². The van der Waals surface area contributed by atoms with Crippen molar-refractivity contribution < 1.29 is 14.3 Å². The first-order chi connectivity index (χ1) is 16.7. The summed E-state index contributed by atoms with van der Waals surface area (Å²) in [4.78, 5) is 27.8. The van der Waals surface area contributed by atoms with Crippen LogP contribution in [0.25, 0.3) is 22.3 Å². The van der Waals surface area contributed by atoms with Crippen LogP contribution in [0.3, 0.4) is 0 Å². The van der Waals surface area contributed by atoms with Gasteiger partial charge in [0.05, 0.1) is 24.4 Å². The molecule has 3 saturated heterocycles. The lowest BCUT2D eigenvalue weighted by molar-refractivity contribution is -0.123. The molecule has 0 aliphatic carbocycles. The highest BCUT2D eigenvalue weighted by atomic mass is 32.2. The molecule has 0 radical (unpaired) electrons. The normalized spacial score (nSPS) is 24.3. The Morgan fingerprint density at radius 1 is 1.21 bits per heavy atom. The number of thioether (sulfide) groups is 1. The molecular weight excluding hydrogens is 450 g/mol. The molecular formula is C25H27N5O3S. The number of aromatic nitrogens is 3. The summed E-state index contributed by atoms with van der Waals surface area (Å²) in [5.41, 5.74) is 5.73. The van der Waals surface area contributed by atoms with E-state index in [0.29, 0.717) is 40.8 Å². The summed E-state index contributed by atoms with van der Waals surface area (Å²) >= 11 is 1.84. The van der Waals surface area contributed by atoms with Gasteiger partial charge in [-0.05, 0) is 30.7 Å². The number of anilines is 1. The predicted octanol–water partition coefficient (Wildman–Crippen LogP) is 2.84. The molecule has 2 aromatic heterocycles. The fourth-order valence-corrected chi connectivity index (χ4v) is 6.56. The maximum Gasteiger partial charge on any atom is 0.242 e. The fraction of sp³-hybridized carbons (Fsp3) is 0.440. The Kier molecular flexibility index (Phi) is 5.74. The van der Waals surface area contributed by atoms with Crippen LogP contribution in [-0.4, -0.2) is 70.8 Å². The van der Waals surface area contributed by atoms with Crippen molar-refractivity contribution in [3.05, 3.63) is 42.2 Å². The number of ether oxygens (including phenoxy) is 2. The summed E-state index contributed by atoms with van der Waals surface area (Å²) in [6.07, 6.45) is 3.97. The first kappa shape index (κ1) is 21.6. The lowest BCUT2D eigenvalue weighted by Crippen LogP contribution is -2.55. The van der Waals surface area contributed by atoms with Gasteiger partial charge in [-0.1, -0.05) is 6.07 Å². The van der Waals surface area contributed by atoms with Crippen LogP contribution >= 0.6 is 11.8 Å². The number of morpholine rings is 1. The van der Waals surface area contributed by atoms with E-state index in [-0.39, 0.29) is 5.91 Å². The largest absolute Gasteiger partial charge is 0.475 e. The van der Waals surface area contributed by atoms with Crippen LogP contribution in [0.15, 0.2) is 36.7 Å². The van der Waals surface area contributed by atoms with Gasteiger partial charge >= 0.3 is 0 Å². The van der Waals surface area contributed by atoms with Crippen LogP contribution < -0.4 is 15.0 Å². The zero-order valence-electron chi connectivity index (χ0n) is 19.1. The molecule has 176 valence electrons. The molecule has 3 aromatic rings. The summed E-state index contributed by atoms with van der Waals surface area (Å²) in [6, 6.07) is 8.43. The number of carbonyl (C=O) groups excluding carboxylic acids is 1. The number of amides is 1. The van der Waals surface area contributed by atoms with Crippen molar-refractivity contribution in [2.45, 2.75) is 23.8 Å². The molecule has 9 heteroatoms. The third-order valence-corrected chi connectivity index (χ3v) is 8.58. The molecule has 6 rings (SSSR count). The molecule has 0 spiro atoms. The van der Waals surface area contributed by atoms with E-state index in [2.05, 4.69) is 45.3 Å². The van der Waals surface area contributed by atoms with E-state index in [4.69, 9.17) is 14.5 Å². The maximum atomic E-state index is 11.6. The Balaban J connectivity index is 1.25. The van der Waals surface area contributed by atoms with Crippen LogP contribution in [0.2, 0.25) is 0 Å². The van der Waals surface area contributed by atoms with E-state index < -0.39 is 0 Å². The summed E-state index contributed by atoms with van der Waals surface area (Å²) in [6.45, 7) is 6.76. The standard InChI is InChI=1S/C25H27N5O3S/c1-15-10-16(2-3-20(15)30-6-8-32-9-7-30)18-11-19-24(27-5-4-26-19)25(29-18)33-14-22-17-13-28-23(31)12-21(17)34-22/h2-5,10-11,17,21-22H,6-9,12-14H2,1H3,(H,28,31). The van der Waals surface area contributed by atoms with Crippen molar-refractivity contribution in [2.24, 2.45) is 5.92 Å². The summed E-state index contributed by atoms with van der Waals surface area (Å²) in [5.74, 6) is 1.12. The second-order valence-corrected chi connectivity index (χ2v) is 10.5. The van der Waals surface area contributed by atoms with Crippen molar-refractivity contribution >= 4 is 34.4 Å². The van der Waals surface area contributed by atoms with Gasteiger partial charge in [-0.3, -0.25) is 9.78 Å². The molecule has 8 nitrogen and oxygen atoms in total. The Morgan fingerprint density at radius 3 is 2.88 bits per heavy atom. The molecule has 5 heterocycles. The van der Waals surface area contributed by atoms with Crippen LogP contribution in [0, 0.1) is 12.8 Å². The van der Waals surface area contributed by atoms with E-state index in [0.717, 1.165) is 49.6 Å². The van der Waals surface area contributed by atoms with Crippen LogP contribution in [-0.2, 0) is 9.53 Å². The second kappa shape index (κ2) is 9.03. The van der Waals surface area contributed by atoms with Crippen molar-refractivity contribution in [1.29, 1.82) is 0 Å². The number of aryl methyl sites for hydroxylation is 1. The molecule has 1 aromatic carbocycles. The van der Waals surface area contributed by atoms with Gasteiger partial charge < -0.3 is 19.7 Å². The van der Waals surface area contributed by atoms with Gasteiger partial charge in [-0.2, -0.15) is 11.8 Å². The highest BCUT2D eigenvalue weighted by Gasteiger charge is 2.45. The lowest BCUT2D eigenvalue weighted by atomic mass is 9.93. The quantitative estimate of drug-likeness (QED) is 0.600. The number of pyridine rings is 1. The first-order valence-corrected chi connectivity index (χ1v) is 12.7. The fourth-order valence-electron chi connectivity index (χ4n) is 5.01. The van der Waals surface area contributed by atoms with Crippen LogP contribution in [0.5, 0.6) is 5.88 Å². The smallest absolute Gasteiger partial charge is 0.242 e. The molecule has 1 N–H and O–H groups in total. The van der Waals surface area contributed by atoms with Gasteiger partial charge in [0.1, 0.15) is 6.61 Å². The Morgan fingerprint density at radius 2 is 2.06 bits per heavy atom. The van der Waals surface area contributed by atoms with Gasteiger partial charge in [0.15, 0.2) is 5.52 Å². The van der Waals surface area contributed by atoms with Gasteiger partial charge in [0.2, 0.25) is 11.8 Å². The number of benzene rings is 1. The number of nitrogens with zero attached hydrogens (tertiary/aromatic N) is 4. The first-order valence-electron chi connectivity index (χ1n) is 11.8. The van der Waals surface area contributed by atoms with E-state index in [9.17, 15) is 4.79 Å². The summed E-state index contributed by atoms with van der Waals surface area (Å²) < 4.78 is 11.7. The van der Waals surface area contributed by atoms with Gasteiger partial charge in [-0.25, -0.2) is 9.97 Å². The minimum atomic E-state index is 0.152. The molecule has 3 aliphatic rings. The number of hydrogen-bond acceptors (Lipinski definition) is 8. The SMILES string of the molecule is Cc1cc(-c2cc3nccnc3c(OCC3SC4CC(=O)NCC34)n2)ccc1N1CCOCC1. The van der Waals surface area contributed by atoms with Crippen LogP contribution in [0.4, 0.5) is 5.69 Å². The number of hydrogen-bond donors (Lipinski definition) is 1. The number of piperidine rings is 1. The molecule has 34 heavy (non-hydrogen) atoms. The van der Waals surface area contributed by atoms with E-state index in [1.165, 1.54) is 11.3 Å². The second-order valence-electron chi connectivity index (χ2n) is 9.03.